The van der Waals surface area contributed by atoms with Crippen molar-refractivity contribution in [3.05, 3.63) is 77.6 Å². The number of rotatable bonds is 4. The third-order valence-electron chi connectivity index (χ3n) is 6.72. The summed E-state index contributed by atoms with van der Waals surface area (Å²) in [7, 11) is 0. The molecule has 4 aromatic rings. The molecule has 166 valence electrons. The Morgan fingerprint density at radius 1 is 1.00 bits per heavy atom. The van der Waals surface area contributed by atoms with Crippen LogP contribution in [-0.2, 0) is 14.3 Å². The first-order chi connectivity index (χ1) is 16.1. The maximum atomic E-state index is 13.3. The van der Waals surface area contributed by atoms with E-state index in [2.05, 4.69) is 9.97 Å². The number of para-hydroxylation sites is 2. The lowest BCUT2D eigenvalue weighted by molar-refractivity contribution is -0.140. The third-order valence-corrected chi connectivity index (χ3v) is 6.72. The fraction of sp³-hybridized carbons (Fsp3) is 0.231. The van der Waals surface area contributed by atoms with E-state index in [4.69, 9.17) is 4.74 Å². The molecule has 4 heterocycles. The highest BCUT2D eigenvalue weighted by atomic mass is 16.5. The molecule has 2 aromatic carbocycles. The van der Waals surface area contributed by atoms with Crippen molar-refractivity contribution in [3.8, 4) is 0 Å². The second kappa shape index (κ2) is 7.64. The molecule has 2 aromatic heterocycles. The Hall–Kier alpha value is -3.84. The monoisotopic (exact) mass is 441 g/mol. The average Bonchev–Trinajstić information content (AvgIpc) is 3.62. The second-order valence-corrected chi connectivity index (χ2v) is 8.62. The fourth-order valence-electron chi connectivity index (χ4n) is 5.13. The molecule has 1 amide bonds. The van der Waals surface area contributed by atoms with Gasteiger partial charge in [0, 0.05) is 58.5 Å². The molecule has 7 heteroatoms. The minimum Gasteiger partial charge on any atom is -0.507 e. The molecule has 7 nitrogen and oxygen atoms in total. The molecule has 0 radical (unpaired) electrons. The van der Waals surface area contributed by atoms with Gasteiger partial charge in [-0.3, -0.25) is 9.59 Å². The SMILES string of the molecule is O=C1C(=O)N(CC2CCCO2)C(c2c[nH]c3ccccc23)/C1=C(\O)c1c[nH]c2ccccc12. The van der Waals surface area contributed by atoms with Gasteiger partial charge in [-0.25, -0.2) is 0 Å². The van der Waals surface area contributed by atoms with Gasteiger partial charge in [-0.15, -0.1) is 0 Å². The zero-order valence-electron chi connectivity index (χ0n) is 17.9. The van der Waals surface area contributed by atoms with E-state index in [-0.39, 0.29) is 17.4 Å². The standard InChI is InChI=1S/C26H23N3O4/c30-24(19-13-28-21-10-4-2-8-17(19)21)22-23(18-12-27-20-9-3-1-7-16(18)20)29(26(32)25(22)31)14-15-6-5-11-33-15/h1-4,7-10,12-13,15,23,27-28,30H,5-6,11,14H2/b24-22+. The first kappa shape index (κ1) is 19.8. The number of amides is 1. The van der Waals surface area contributed by atoms with Crippen LogP contribution >= 0.6 is 0 Å². The number of fused-ring (bicyclic) bond motifs is 2. The molecule has 2 saturated heterocycles. The van der Waals surface area contributed by atoms with Gasteiger partial charge in [0.05, 0.1) is 17.7 Å². The summed E-state index contributed by atoms with van der Waals surface area (Å²) in [5.41, 5.74) is 3.14. The lowest BCUT2D eigenvalue weighted by Gasteiger charge is -2.27. The van der Waals surface area contributed by atoms with E-state index in [0.717, 1.165) is 40.2 Å². The summed E-state index contributed by atoms with van der Waals surface area (Å²) < 4.78 is 5.78. The van der Waals surface area contributed by atoms with Crippen molar-refractivity contribution in [3.63, 3.8) is 0 Å². The van der Waals surface area contributed by atoms with E-state index in [1.807, 2.05) is 54.7 Å². The lowest BCUT2D eigenvalue weighted by atomic mass is 9.94. The number of nitrogens with zero attached hydrogens (tertiary/aromatic N) is 1. The molecule has 2 atom stereocenters. The van der Waals surface area contributed by atoms with Gasteiger partial charge in [-0.2, -0.15) is 0 Å². The van der Waals surface area contributed by atoms with Crippen LogP contribution in [0.5, 0.6) is 0 Å². The van der Waals surface area contributed by atoms with Gasteiger partial charge in [0.25, 0.3) is 11.7 Å². The Bertz CT molecular complexity index is 1420. The Morgan fingerprint density at radius 2 is 1.70 bits per heavy atom. The molecule has 3 N–H and O–H groups in total. The van der Waals surface area contributed by atoms with E-state index < -0.39 is 17.7 Å². The Balaban J connectivity index is 1.55. The summed E-state index contributed by atoms with van der Waals surface area (Å²) in [4.78, 5) is 34.5. The summed E-state index contributed by atoms with van der Waals surface area (Å²) in [6.45, 7) is 0.959. The van der Waals surface area contributed by atoms with Gasteiger partial charge >= 0.3 is 0 Å². The third kappa shape index (κ3) is 3.08. The molecule has 2 aliphatic rings. The molecule has 2 aliphatic heterocycles. The van der Waals surface area contributed by atoms with E-state index in [1.165, 1.54) is 0 Å². The Labute approximate surface area is 189 Å². The Kier molecular flexibility index (Phi) is 4.58. The van der Waals surface area contributed by atoms with Crippen LogP contribution in [0.2, 0.25) is 0 Å². The van der Waals surface area contributed by atoms with Gasteiger partial charge in [0.1, 0.15) is 5.76 Å². The molecule has 6 rings (SSSR count). The number of likely N-dealkylation sites (tertiary alicyclic amines) is 1. The number of ether oxygens (including phenoxy) is 1. The number of aromatic nitrogens is 2. The number of hydrogen-bond acceptors (Lipinski definition) is 4. The van der Waals surface area contributed by atoms with E-state index >= 15 is 0 Å². The van der Waals surface area contributed by atoms with Crippen LogP contribution in [0, 0.1) is 0 Å². The number of aliphatic hydroxyl groups is 1. The van der Waals surface area contributed by atoms with Gasteiger partial charge in [-0.05, 0) is 25.0 Å². The average molecular weight is 441 g/mol. The molecule has 0 aliphatic carbocycles. The summed E-state index contributed by atoms with van der Waals surface area (Å²) in [5, 5.41) is 13.1. The van der Waals surface area contributed by atoms with Crippen molar-refractivity contribution in [1.29, 1.82) is 0 Å². The molecule has 0 saturated carbocycles. The number of carbonyl (C=O) groups excluding carboxylic acids is 2. The smallest absolute Gasteiger partial charge is 0.295 e. The highest BCUT2D eigenvalue weighted by Gasteiger charge is 2.48. The van der Waals surface area contributed by atoms with E-state index in [0.29, 0.717) is 18.7 Å². The van der Waals surface area contributed by atoms with Crippen LogP contribution in [-0.4, -0.2) is 50.9 Å². The number of nitrogens with one attached hydrogen (secondary N) is 2. The van der Waals surface area contributed by atoms with Crippen molar-refractivity contribution in [1.82, 2.24) is 14.9 Å². The first-order valence-electron chi connectivity index (χ1n) is 11.2. The molecule has 0 bridgehead atoms. The van der Waals surface area contributed by atoms with Crippen LogP contribution < -0.4 is 0 Å². The van der Waals surface area contributed by atoms with Crippen molar-refractivity contribution in [2.45, 2.75) is 25.0 Å². The predicted octanol–water partition coefficient (Wildman–Crippen LogP) is 4.25. The van der Waals surface area contributed by atoms with Crippen LogP contribution in [0.15, 0.2) is 66.5 Å². The van der Waals surface area contributed by atoms with Crippen LogP contribution in [0.1, 0.15) is 30.0 Å². The topological polar surface area (TPSA) is 98.4 Å². The van der Waals surface area contributed by atoms with Gasteiger partial charge in [-0.1, -0.05) is 36.4 Å². The first-order valence-corrected chi connectivity index (χ1v) is 11.2. The second-order valence-electron chi connectivity index (χ2n) is 8.62. The number of aromatic amines is 2. The van der Waals surface area contributed by atoms with Crippen LogP contribution in [0.4, 0.5) is 0 Å². The summed E-state index contributed by atoms with van der Waals surface area (Å²) >= 11 is 0. The number of aliphatic hydroxyl groups excluding tert-OH is 1. The van der Waals surface area contributed by atoms with Crippen LogP contribution in [0.3, 0.4) is 0 Å². The normalized spacial score (nSPS) is 22.7. The molecular weight excluding hydrogens is 418 g/mol. The van der Waals surface area contributed by atoms with Gasteiger partial charge < -0.3 is 24.7 Å². The molecule has 2 unspecified atom stereocenters. The number of Topliss-reactive ketones (excluding diaryl/α,β-unsaturated/α-hetero) is 1. The molecule has 33 heavy (non-hydrogen) atoms. The lowest BCUT2D eigenvalue weighted by Crippen LogP contribution is -2.36. The largest absolute Gasteiger partial charge is 0.507 e. The maximum absolute atomic E-state index is 13.3. The predicted molar refractivity (Wildman–Crippen MR) is 125 cm³/mol. The zero-order chi connectivity index (χ0) is 22.5. The number of benzene rings is 2. The molecule has 2 fully saturated rings. The summed E-state index contributed by atoms with van der Waals surface area (Å²) in [5.74, 6) is -1.45. The minimum absolute atomic E-state index is 0.104. The van der Waals surface area contributed by atoms with Gasteiger partial charge in [0.2, 0.25) is 0 Å². The number of H-pyrrole nitrogens is 2. The fourth-order valence-corrected chi connectivity index (χ4v) is 5.13. The highest BCUT2D eigenvalue weighted by molar-refractivity contribution is 6.47. The number of hydrogen-bond donors (Lipinski definition) is 3. The van der Waals surface area contributed by atoms with Crippen molar-refractivity contribution < 1.29 is 19.4 Å². The number of carbonyl (C=O) groups is 2. The maximum Gasteiger partial charge on any atom is 0.295 e. The molecule has 0 spiro atoms. The Morgan fingerprint density at radius 3 is 2.45 bits per heavy atom. The summed E-state index contributed by atoms with van der Waals surface area (Å²) in [6.07, 6.45) is 5.16. The van der Waals surface area contributed by atoms with Crippen molar-refractivity contribution in [2.24, 2.45) is 0 Å². The molecular formula is C26H23N3O4. The van der Waals surface area contributed by atoms with E-state index in [1.54, 1.807) is 11.1 Å². The number of ketones is 1. The van der Waals surface area contributed by atoms with Gasteiger partial charge in [0.15, 0.2) is 0 Å². The minimum atomic E-state index is -0.709. The van der Waals surface area contributed by atoms with E-state index in [9.17, 15) is 14.7 Å². The van der Waals surface area contributed by atoms with Crippen LogP contribution in [0.25, 0.3) is 27.6 Å². The quantitative estimate of drug-likeness (QED) is 0.250. The van der Waals surface area contributed by atoms with Crippen molar-refractivity contribution in [2.75, 3.05) is 13.2 Å². The summed E-state index contributed by atoms with van der Waals surface area (Å²) in [6, 6.07) is 14.6. The zero-order valence-corrected chi connectivity index (χ0v) is 17.9. The van der Waals surface area contributed by atoms with Crippen molar-refractivity contribution >= 4 is 39.3 Å². The highest BCUT2D eigenvalue weighted by Crippen LogP contribution is 2.43.